The molecule has 0 aromatic carbocycles. The molecule has 1 aromatic rings. The minimum Gasteiger partial charge on any atom is -0.468 e. The van der Waals surface area contributed by atoms with Gasteiger partial charge in [-0.2, -0.15) is 0 Å². The zero-order chi connectivity index (χ0) is 14.4. The molecule has 1 aliphatic heterocycles. The molecule has 2 atom stereocenters. The van der Waals surface area contributed by atoms with Crippen LogP contribution in [0.15, 0.2) is 22.8 Å². The normalized spacial score (nSPS) is 21.6. The van der Waals surface area contributed by atoms with Gasteiger partial charge in [-0.05, 0) is 38.4 Å². The highest BCUT2D eigenvalue weighted by atomic mass is 16.5. The van der Waals surface area contributed by atoms with Gasteiger partial charge in [0.15, 0.2) is 0 Å². The van der Waals surface area contributed by atoms with Crippen molar-refractivity contribution in [1.82, 2.24) is 10.2 Å². The van der Waals surface area contributed by atoms with Crippen LogP contribution in [0, 0.1) is 0 Å². The van der Waals surface area contributed by atoms with Gasteiger partial charge in [0.05, 0.1) is 25.5 Å². The van der Waals surface area contributed by atoms with Crippen molar-refractivity contribution in [2.75, 3.05) is 32.8 Å². The maximum absolute atomic E-state index is 5.71. The van der Waals surface area contributed by atoms with Crippen LogP contribution in [0.2, 0.25) is 0 Å². The van der Waals surface area contributed by atoms with Gasteiger partial charge in [0.2, 0.25) is 0 Å². The lowest BCUT2D eigenvalue weighted by Crippen LogP contribution is -2.57. The van der Waals surface area contributed by atoms with E-state index < -0.39 is 0 Å². The number of hydrogen-bond donors (Lipinski definition) is 1. The van der Waals surface area contributed by atoms with Crippen LogP contribution in [0.3, 0.4) is 0 Å². The molecular weight excluding hydrogens is 252 g/mol. The molecule has 0 bridgehead atoms. The Balaban J connectivity index is 2.22. The Morgan fingerprint density at radius 2 is 2.10 bits per heavy atom. The number of nitrogens with zero attached hydrogens (tertiary/aromatic N) is 1. The van der Waals surface area contributed by atoms with Gasteiger partial charge in [0.1, 0.15) is 5.76 Å². The van der Waals surface area contributed by atoms with E-state index in [2.05, 4.69) is 37.1 Å². The fourth-order valence-corrected chi connectivity index (χ4v) is 3.06. The van der Waals surface area contributed by atoms with Crippen molar-refractivity contribution in [2.45, 2.75) is 45.2 Å². The van der Waals surface area contributed by atoms with Crippen LogP contribution in [0.25, 0.3) is 0 Å². The van der Waals surface area contributed by atoms with Gasteiger partial charge in [-0.15, -0.1) is 0 Å². The first-order valence-corrected chi connectivity index (χ1v) is 7.82. The van der Waals surface area contributed by atoms with E-state index in [1.807, 2.05) is 6.07 Å². The van der Waals surface area contributed by atoms with E-state index >= 15 is 0 Å². The summed E-state index contributed by atoms with van der Waals surface area (Å²) in [4.78, 5) is 2.55. The Bertz CT molecular complexity index is 374. The summed E-state index contributed by atoms with van der Waals surface area (Å²) in [6.07, 6.45) is 3.97. The van der Waals surface area contributed by atoms with Gasteiger partial charge in [-0.25, -0.2) is 0 Å². The van der Waals surface area contributed by atoms with Crippen LogP contribution < -0.4 is 5.32 Å². The standard InChI is InChI=1S/C16H28N2O2/c1-4-8-17-15(14-7-6-11-20-14)16(3,5-2)18-9-12-19-13-10-18/h6-7,11,15,17H,4-5,8-10,12-13H2,1-3H3. The zero-order valence-corrected chi connectivity index (χ0v) is 13.0. The second-order valence-corrected chi connectivity index (χ2v) is 5.71. The molecule has 4 heteroatoms. The largest absolute Gasteiger partial charge is 0.468 e. The molecule has 114 valence electrons. The van der Waals surface area contributed by atoms with E-state index in [1.165, 1.54) is 0 Å². The predicted octanol–water partition coefficient (Wildman–Crippen LogP) is 2.82. The van der Waals surface area contributed by atoms with Crippen molar-refractivity contribution < 1.29 is 9.15 Å². The SMILES string of the molecule is CCCNC(c1ccco1)C(C)(CC)N1CCOCC1. The highest BCUT2D eigenvalue weighted by molar-refractivity contribution is 5.12. The monoisotopic (exact) mass is 280 g/mol. The predicted molar refractivity (Wildman–Crippen MR) is 80.8 cm³/mol. The van der Waals surface area contributed by atoms with Crippen molar-refractivity contribution in [3.05, 3.63) is 24.2 Å². The third kappa shape index (κ3) is 3.25. The highest BCUT2D eigenvalue weighted by Gasteiger charge is 2.40. The van der Waals surface area contributed by atoms with Gasteiger partial charge < -0.3 is 14.5 Å². The minimum absolute atomic E-state index is 0.0524. The van der Waals surface area contributed by atoms with Crippen molar-refractivity contribution in [2.24, 2.45) is 0 Å². The van der Waals surface area contributed by atoms with Gasteiger partial charge in [-0.3, -0.25) is 4.90 Å². The van der Waals surface area contributed by atoms with E-state index in [9.17, 15) is 0 Å². The molecule has 20 heavy (non-hydrogen) atoms. The van der Waals surface area contributed by atoms with E-state index in [0.717, 1.165) is 51.4 Å². The van der Waals surface area contributed by atoms with Crippen LogP contribution >= 0.6 is 0 Å². The molecule has 1 aromatic heterocycles. The van der Waals surface area contributed by atoms with Gasteiger partial charge in [0.25, 0.3) is 0 Å². The summed E-state index contributed by atoms with van der Waals surface area (Å²) in [5.74, 6) is 1.04. The molecule has 4 nitrogen and oxygen atoms in total. The average Bonchev–Trinajstić information content (AvgIpc) is 3.02. The van der Waals surface area contributed by atoms with Gasteiger partial charge in [0, 0.05) is 18.6 Å². The van der Waals surface area contributed by atoms with Crippen molar-refractivity contribution >= 4 is 0 Å². The lowest BCUT2D eigenvalue weighted by Gasteiger charge is -2.47. The lowest BCUT2D eigenvalue weighted by molar-refractivity contribution is -0.0356. The van der Waals surface area contributed by atoms with E-state index in [4.69, 9.17) is 9.15 Å². The van der Waals surface area contributed by atoms with Crippen LogP contribution in [-0.4, -0.2) is 43.3 Å². The molecule has 0 amide bonds. The lowest BCUT2D eigenvalue weighted by atomic mass is 9.85. The second-order valence-electron chi connectivity index (χ2n) is 5.71. The Kier molecular flexibility index (Phi) is 5.64. The van der Waals surface area contributed by atoms with E-state index in [0.29, 0.717) is 0 Å². The number of morpholine rings is 1. The summed E-state index contributed by atoms with van der Waals surface area (Å²) < 4.78 is 11.2. The first-order chi connectivity index (χ1) is 9.72. The molecule has 0 saturated carbocycles. The summed E-state index contributed by atoms with van der Waals surface area (Å²) in [7, 11) is 0. The summed E-state index contributed by atoms with van der Waals surface area (Å²) in [5.41, 5.74) is 0.0524. The van der Waals surface area contributed by atoms with Crippen LogP contribution in [0.1, 0.15) is 45.4 Å². The van der Waals surface area contributed by atoms with Crippen LogP contribution in [-0.2, 0) is 4.74 Å². The Morgan fingerprint density at radius 1 is 1.35 bits per heavy atom. The zero-order valence-electron chi connectivity index (χ0n) is 13.0. The molecule has 1 N–H and O–H groups in total. The molecule has 2 rings (SSSR count). The van der Waals surface area contributed by atoms with Crippen molar-refractivity contribution in [3.63, 3.8) is 0 Å². The summed E-state index contributed by atoms with van der Waals surface area (Å²) in [6, 6.07) is 4.29. The minimum atomic E-state index is 0.0524. The number of hydrogen-bond acceptors (Lipinski definition) is 4. The van der Waals surface area contributed by atoms with Gasteiger partial charge >= 0.3 is 0 Å². The highest BCUT2D eigenvalue weighted by Crippen LogP contribution is 2.35. The smallest absolute Gasteiger partial charge is 0.122 e. The second kappa shape index (κ2) is 7.25. The number of nitrogens with one attached hydrogen (secondary N) is 1. The molecular formula is C16H28N2O2. The topological polar surface area (TPSA) is 37.6 Å². The Morgan fingerprint density at radius 3 is 2.65 bits per heavy atom. The molecule has 0 spiro atoms. The van der Waals surface area contributed by atoms with Gasteiger partial charge in [-0.1, -0.05) is 13.8 Å². The Labute approximate surface area is 122 Å². The van der Waals surface area contributed by atoms with E-state index in [-0.39, 0.29) is 11.6 Å². The summed E-state index contributed by atoms with van der Waals surface area (Å²) >= 11 is 0. The maximum Gasteiger partial charge on any atom is 0.122 e. The fourth-order valence-electron chi connectivity index (χ4n) is 3.06. The number of rotatable bonds is 7. The molecule has 2 heterocycles. The fraction of sp³-hybridized carbons (Fsp3) is 0.750. The summed E-state index contributed by atoms with van der Waals surface area (Å²) in [5, 5.41) is 3.68. The number of ether oxygens (including phenoxy) is 1. The van der Waals surface area contributed by atoms with Crippen LogP contribution in [0.4, 0.5) is 0 Å². The molecule has 2 unspecified atom stereocenters. The molecule has 1 fully saturated rings. The molecule has 0 aliphatic carbocycles. The molecule has 1 saturated heterocycles. The maximum atomic E-state index is 5.71. The first kappa shape index (κ1) is 15.5. The van der Waals surface area contributed by atoms with E-state index in [1.54, 1.807) is 6.26 Å². The average molecular weight is 280 g/mol. The Hall–Kier alpha value is -0.840. The number of furan rings is 1. The summed E-state index contributed by atoms with van der Waals surface area (Å²) in [6.45, 7) is 11.5. The third-order valence-electron chi connectivity index (χ3n) is 4.50. The third-order valence-corrected chi connectivity index (χ3v) is 4.50. The van der Waals surface area contributed by atoms with Crippen molar-refractivity contribution in [3.8, 4) is 0 Å². The molecule has 1 aliphatic rings. The van der Waals surface area contributed by atoms with Crippen LogP contribution in [0.5, 0.6) is 0 Å². The van der Waals surface area contributed by atoms with Crippen molar-refractivity contribution in [1.29, 1.82) is 0 Å². The molecule has 0 radical (unpaired) electrons. The quantitative estimate of drug-likeness (QED) is 0.833. The first-order valence-electron chi connectivity index (χ1n) is 7.82.